The van der Waals surface area contributed by atoms with Gasteiger partial charge in [-0.25, -0.2) is 0 Å². The third kappa shape index (κ3) is 5.40. The minimum absolute atomic E-state index is 0.235. The number of rotatable bonds is 4. The maximum Gasteiger partial charge on any atom is 0.416 e. The number of alkyl halides is 3. The van der Waals surface area contributed by atoms with Crippen LogP contribution in [0.4, 0.5) is 13.2 Å². The normalized spacial score (nSPS) is 10.6. The van der Waals surface area contributed by atoms with Crippen LogP contribution in [-0.2, 0) is 10.9 Å². The molecular formula is C13H19F3O2. The number of ether oxygens (including phenoxy) is 2. The van der Waals surface area contributed by atoms with Gasteiger partial charge in [-0.3, -0.25) is 0 Å². The zero-order chi connectivity index (χ0) is 14.2. The highest BCUT2D eigenvalue weighted by molar-refractivity contribution is 5.37. The molecule has 0 aliphatic carbocycles. The van der Waals surface area contributed by atoms with Crippen molar-refractivity contribution in [1.82, 2.24) is 0 Å². The van der Waals surface area contributed by atoms with Gasteiger partial charge in [0.15, 0.2) is 0 Å². The van der Waals surface area contributed by atoms with Gasteiger partial charge in [0.05, 0.1) is 12.2 Å². The van der Waals surface area contributed by atoms with Gasteiger partial charge in [0.25, 0.3) is 0 Å². The van der Waals surface area contributed by atoms with E-state index >= 15 is 0 Å². The lowest BCUT2D eigenvalue weighted by Crippen LogP contribution is -2.08. The topological polar surface area (TPSA) is 18.5 Å². The largest absolute Gasteiger partial charge is 0.491 e. The SMILES string of the molecule is CC.COCCOc1cc(C(F)(F)F)ccc1C. The van der Waals surface area contributed by atoms with E-state index in [1.165, 1.54) is 13.2 Å². The van der Waals surface area contributed by atoms with E-state index in [9.17, 15) is 13.2 Å². The molecule has 0 atom stereocenters. The smallest absolute Gasteiger partial charge is 0.416 e. The molecule has 0 amide bonds. The number of methoxy groups -OCH3 is 1. The quantitative estimate of drug-likeness (QED) is 0.763. The average molecular weight is 264 g/mol. The van der Waals surface area contributed by atoms with Crippen molar-refractivity contribution in [3.8, 4) is 5.75 Å². The molecule has 0 radical (unpaired) electrons. The lowest BCUT2D eigenvalue weighted by Gasteiger charge is -2.12. The third-order valence-corrected chi connectivity index (χ3v) is 2.06. The van der Waals surface area contributed by atoms with Gasteiger partial charge in [0, 0.05) is 7.11 Å². The second-order valence-electron chi connectivity index (χ2n) is 3.32. The first-order valence-corrected chi connectivity index (χ1v) is 5.74. The number of hydrogen-bond donors (Lipinski definition) is 0. The highest BCUT2D eigenvalue weighted by atomic mass is 19.4. The molecule has 0 heterocycles. The summed E-state index contributed by atoms with van der Waals surface area (Å²) in [5.74, 6) is 0.242. The molecule has 104 valence electrons. The molecule has 0 bridgehead atoms. The Kier molecular flexibility index (Phi) is 7.43. The summed E-state index contributed by atoms with van der Waals surface area (Å²) < 4.78 is 47.2. The van der Waals surface area contributed by atoms with E-state index in [2.05, 4.69) is 0 Å². The maximum absolute atomic E-state index is 12.4. The predicted octanol–water partition coefficient (Wildman–Crippen LogP) is 4.07. The molecular weight excluding hydrogens is 245 g/mol. The van der Waals surface area contributed by atoms with Crippen LogP contribution in [-0.4, -0.2) is 20.3 Å². The molecule has 2 nitrogen and oxygen atoms in total. The van der Waals surface area contributed by atoms with Crippen LogP contribution in [0.1, 0.15) is 25.0 Å². The summed E-state index contributed by atoms with van der Waals surface area (Å²) in [4.78, 5) is 0. The van der Waals surface area contributed by atoms with Gasteiger partial charge in [0.1, 0.15) is 12.4 Å². The predicted molar refractivity (Wildman–Crippen MR) is 64.9 cm³/mol. The van der Waals surface area contributed by atoms with E-state index in [-0.39, 0.29) is 12.4 Å². The lowest BCUT2D eigenvalue weighted by molar-refractivity contribution is -0.137. The van der Waals surface area contributed by atoms with Crippen LogP contribution in [0.3, 0.4) is 0 Å². The van der Waals surface area contributed by atoms with Gasteiger partial charge in [-0.05, 0) is 24.6 Å². The molecule has 0 unspecified atom stereocenters. The summed E-state index contributed by atoms with van der Waals surface area (Å²) in [5, 5.41) is 0. The van der Waals surface area contributed by atoms with Crippen molar-refractivity contribution in [1.29, 1.82) is 0 Å². The monoisotopic (exact) mass is 264 g/mol. The molecule has 0 aliphatic heterocycles. The Morgan fingerprint density at radius 3 is 2.22 bits per heavy atom. The van der Waals surface area contributed by atoms with Crippen LogP contribution in [0.5, 0.6) is 5.75 Å². The van der Waals surface area contributed by atoms with Crippen molar-refractivity contribution < 1.29 is 22.6 Å². The minimum Gasteiger partial charge on any atom is -0.491 e. The minimum atomic E-state index is -4.34. The molecule has 18 heavy (non-hydrogen) atoms. The van der Waals surface area contributed by atoms with Crippen molar-refractivity contribution in [2.45, 2.75) is 26.9 Å². The fraction of sp³-hybridized carbons (Fsp3) is 0.538. The molecule has 0 aliphatic rings. The third-order valence-electron chi connectivity index (χ3n) is 2.06. The molecule has 0 fully saturated rings. The zero-order valence-corrected chi connectivity index (χ0v) is 11.1. The van der Waals surface area contributed by atoms with Crippen LogP contribution in [0, 0.1) is 6.92 Å². The van der Waals surface area contributed by atoms with Crippen molar-refractivity contribution in [2.24, 2.45) is 0 Å². The van der Waals surface area contributed by atoms with Crippen molar-refractivity contribution in [2.75, 3.05) is 20.3 Å². The molecule has 0 spiro atoms. The summed E-state index contributed by atoms with van der Waals surface area (Å²) in [6.07, 6.45) is -4.34. The first kappa shape index (κ1) is 16.8. The highest BCUT2D eigenvalue weighted by Gasteiger charge is 2.30. The van der Waals surface area contributed by atoms with Crippen molar-refractivity contribution in [3.05, 3.63) is 29.3 Å². The fourth-order valence-electron chi connectivity index (χ4n) is 1.17. The van der Waals surface area contributed by atoms with Gasteiger partial charge < -0.3 is 9.47 Å². The molecule has 0 saturated heterocycles. The van der Waals surface area contributed by atoms with Gasteiger partial charge in [-0.1, -0.05) is 19.9 Å². The van der Waals surface area contributed by atoms with E-state index in [1.54, 1.807) is 6.92 Å². The highest BCUT2D eigenvalue weighted by Crippen LogP contribution is 2.32. The number of benzene rings is 1. The molecule has 1 aromatic rings. The Bertz CT molecular complexity index is 349. The summed E-state index contributed by atoms with van der Waals surface area (Å²) in [7, 11) is 1.50. The first-order chi connectivity index (χ1) is 8.45. The van der Waals surface area contributed by atoms with Crippen LogP contribution in [0.25, 0.3) is 0 Å². The van der Waals surface area contributed by atoms with Gasteiger partial charge in [-0.2, -0.15) is 13.2 Å². The molecule has 1 aromatic carbocycles. The van der Waals surface area contributed by atoms with Crippen LogP contribution < -0.4 is 4.74 Å². The molecule has 5 heteroatoms. The second-order valence-corrected chi connectivity index (χ2v) is 3.32. The van der Waals surface area contributed by atoms with Gasteiger partial charge in [-0.15, -0.1) is 0 Å². The zero-order valence-electron chi connectivity index (χ0n) is 11.1. The Morgan fingerprint density at radius 1 is 1.11 bits per heavy atom. The Hall–Kier alpha value is -1.23. The Labute approximate surface area is 106 Å². The average Bonchev–Trinajstić information content (AvgIpc) is 2.33. The van der Waals surface area contributed by atoms with E-state index in [1.807, 2.05) is 13.8 Å². The van der Waals surface area contributed by atoms with E-state index in [4.69, 9.17) is 9.47 Å². The summed E-state index contributed by atoms with van der Waals surface area (Å²) >= 11 is 0. The van der Waals surface area contributed by atoms with E-state index in [0.717, 1.165) is 12.1 Å². The van der Waals surface area contributed by atoms with E-state index in [0.29, 0.717) is 12.2 Å². The Morgan fingerprint density at radius 2 is 1.72 bits per heavy atom. The van der Waals surface area contributed by atoms with Crippen LogP contribution in [0.15, 0.2) is 18.2 Å². The van der Waals surface area contributed by atoms with Crippen LogP contribution in [0.2, 0.25) is 0 Å². The fourth-order valence-corrected chi connectivity index (χ4v) is 1.17. The number of halogens is 3. The second kappa shape index (κ2) is 7.97. The summed E-state index contributed by atoms with van der Waals surface area (Å²) in [6.45, 7) is 6.27. The summed E-state index contributed by atoms with van der Waals surface area (Å²) in [5.41, 5.74) is -0.0328. The molecule has 0 N–H and O–H groups in total. The standard InChI is InChI=1S/C11H13F3O2.C2H6/c1-8-3-4-9(11(12,13)14)7-10(8)16-6-5-15-2;1-2/h3-4,7H,5-6H2,1-2H3;1-2H3. The Balaban J connectivity index is 0.00000137. The molecule has 0 aromatic heterocycles. The lowest BCUT2D eigenvalue weighted by atomic mass is 10.1. The number of aryl methyl sites for hydroxylation is 1. The van der Waals surface area contributed by atoms with Crippen LogP contribution >= 0.6 is 0 Å². The maximum atomic E-state index is 12.4. The van der Waals surface area contributed by atoms with E-state index < -0.39 is 11.7 Å². The van der Waals surface area contributed by atoms with Gasteiger partial charge in [0.2, 0.25) is 0 Å². The summed E-state index contributed by atoms with van der Waals surface area (Å²) in [6, 6.07) is 3.44. The first-order valence-electron chi connectivity index (χ1n) is 5.74. The number of hydrogen-bond acceptors (Lipinski definition) is 2. The van der Waals surface area contributed by atoms with Crippen molar-refractivity contribution in [3.63, 3.8) is 0 Å². The molecule has 1 rings (SSSR count). The van der Waals surface area contributed by atoms with Gasteiger partial charge >= 0.3 is 6.18 Å². The van der Waals surface area contributed by atoms with Crippen molar-refractivity contribution >= 4 is 0 Å². The molecule has 0 saturated carbocycles.